The van der Waals surface area contributed by atoms with Crippen molar-refractivity contribution in [1.82, 2.24) is 0 Å². The van der Waals surface area contributed by atoms with Gasteiger partial charge in [-0.05, 0) is 42.5 Å². The van der Waals surface area contributed by atoms with Crippen LogP contribution < -0.4 is 5.73 Å². The molecular formula is C17H18FN. The van der Waals surface area contributed by atoms with Crippen LogP contribution in [0.3, 0.4) is 0 Å². The van der Waals surface area contributed by atoms with E-state index >= 15 is 0 Å². The van der Waals surface area contributed by atoms with E-state index in [1.165, 1.54) is 11.6 Å². The molecule has 0 radical (unpaired) electrons. The SMILES string of the molecule is NC(Cc1cccc(F)c1)C1(c2ccccc2)CC1. The molecule has 3 rings (SSSR count). The van der Waals surface area contributed by atoms with E-state index in [0.717, 1.165) is 24.8 Å². The zero-order chi connectivity index (χ0) is 13.3. The van der Waals surface area contributed by atoms with E-state index in [9.17, 15) is 4.39 Å². The highest BCUT2D eigenvalue weighted by Gasteiger charge is 2.48. The average Bonchev–Trinajstić information content (AvgIpc) is 3.21. The second-order valence-corrected chi connectivity index (χ2v) is 5.46. The van der Waals surface area contributed by atoms with E-state index in [1.807, 2.05) is 12.1 Å². The summed E-state index contributed by atoms with van der Waals surface area (Å²) in [5, 5.41) is 0. The quantitative estimate of drug-likeness (QED) is 0.890. The van der Waals surface area contributed by atoms with Crippen LogP contribution in [0.25, 0.3) is 0 Å². The highest BCUT2D eigenvalue weighted by molar-refractivity contribution is 5.35. The lowest BCUT2D eigenvalue weighted by Gasteiger charge is -2.24. The van der Waals surface area contributed by atoms with Crippen LogP contribution in [0.4, 0.5) is 4.39 Å². The molecular weight excluding hydrogens is 237 g/mol. The fourth-order valence-electron chi connectivity index (χ4n) is 2.89. The van der Waals surface area contributed by atoms with Gasteiger partial charge in [-0.3, -0.25) is 0 Å². The molecule has 0 saturated heterocycles. The van der Waals surface area contributed by atoms with Crippen molar-refractivity contribution in [2.24, 2.45) is 5.73 Å². The number of hydrogen-bond acceptors (Lipinski definition) is 1. The van der Waals surface area contributed by atoms with Crippen LogP contribution in [0, 0.1) is 5.82 Å². The molecule has 1 atom stereocenters. The van der Waals surface area contributed by atoms with Crippen molar-refractivity contribution >= 4 is 0 Å². The summed E-state index contributed by atoms with van der Waals surface area (Å²) >= 11 is 0. The second-order valence-electron chi connectivity index (χ2n) is 5.46. The van der Waals surface area contributed by atoms with Crippen LogP contribution >= 0.6 is 0 Å². The van der Waals surface area contributed by atoms with Gasteiger partial charge in [0.1, 0.15) is 5.82 Å². The Hall–Kier alpha value is -1.67. The van der Waals surface area contributed by atoms with Gasteiger partial charge in [-0.2, -0.15) is 0 Å². The molecule has 0 aliphatic heterocycles. The van der Waals surface area contributed by atoms with E-state index in [1.54, 1.807) is 12.1 Å². The van der Waals surface area contributed by atoms with Crippen LogP contribution in [0.5, 0.6) is 0 Å². The molecule has 1 saturated carbocycles. The van der Waals surface area contributed by atoms with Crippen LogP contribution in [0.2, 0.25) is 0 Å². The summed E-state index contributed by atoms with van der Waals surface area (Å²) in [6.45, 7) is 0. The highest BCUT2D eigenvalue weighted by atomic mass is 19.1. The van der Waals surface area contributed by atoms with Gasteiger partial charge < -0.3 is 5.73 Å². The van der Waals surface area contributed by atoms with Crippen molar-refractivity contribution in [3.63, 3.8) is 0 Å². The molecule has 0 spiro atoms. The molecule has 98 valence electrons. The molecule has 1 unspecified atom stereocenters. The minimum absolute atomic E-state index is 0.0525. The van der Waals surface area contributed by atoms with Gasteiger partial charge in [0.25, 0.3) is 0 Å². The lowest BCUT2D eigenvalue weighted by molar-refractivity contribution is 0.512. The number of halogens is 1. The van der Waals surface area contributed by atoms with Gasteiger partial charge in [-0.25, -0.2) is 4.39 Å². The molecule has 0 bridgehead atoms. The maximum absolute atomic E-state index is 13.2. The lowest BCUT2D eigenvalue weighted by atomic mass is 9.85. The second kappa shape index (κ2) is 4.78. The van der Waals surface area contributed by atoms with E-state index in [2.05, 4.69) is 24.3 Å². The zero-order valence-corrected chi connectivity index (χ0v) is 10.9. The molecule has 1 aliphatic carbocycles. The Morgan fingerprint density at radius 3 is 2.42 bits per heavy atom. The first-order valence-electron chi connectivity index (χ1n) is 6.76. The largest absolute Gasteiger partial charge is 0.327 e. The van der Waals surface area contributed by atoms with Gasteiger partial charge >= 0.3 is 0 Å². The van der Waals surface area contributed by atoms with Gasteiger partial charge in [0, 0.05) is 11.5 Å². The van der Waals surface area contributed by atoms with Gasteiger partial charge in [0.2, 0.25) is 0 Å². The summed E-state index contributed by atoms with van der Waals surface area (Å²) in [5.74, 6) is -0.186. The molecule has 0 heterocycles. The van der Waals surface area contributed by atoms with E-state index in [0.29, 0.717) is 0 Å². The van der Waals surface area contributed by atoms with Crippen LogP contribution in [-0.4, -0.2) is 6.04 Å². The van der Waals surface area contributed by atoms with Crippen molar-refractivity contribution in [2.45, 2.75) is 30.7 Å². The topological polar surface area (TPSA) is 26.0 Å². The standard InChI is InChI=1S/C17H18FN/c18-15-8-4-5-13(11-15)12-16(19)17(9-10-17)14-6-2-1-3-7-14/h1-8,11,16H,9-10,12,19H2. The normalized spacial score (nSPS) is 18.0. The van der Waals surface area contributed by atoms with Crippen molar-refractivity contribution in [3.05, 3.63) is 71.5 Å². The molecule has 0 amide bonds. The predicted molar refractivity (Wildman–Crippen MR) is 75.4 cm³/mol. The summed E-state index contributed by atoms with van der Waals surface area (Å²) in [7, 11) is 0. The predicted octanol–water partition coefficient (Wildman–Crippen LogP) is 3.43. The minimum atomic E-state index is -0.186. The van der Waals surface area contributed by atoms with Gasteiger partial charge in [-0.15, -0.1) is 0 Å². The molecule has 1 nitrogen and oxygen atoms in total. The Morgan fingerprint density at radius 1 is 1.05 bits per heavy atom. The maximum Gasteiger partial charge on any atom is 0.123 e. The number of hydrogen-bond donors (Lipinski definition) is 1. The first-order chi connectivity index (χ1) is 9.21. The van der Waals surface area contributed by atoms with Crippen LogP contribution in [0.1, 0.15) is 24.0 Å². The Morgan fingerprint density at radius 2 is 1.79 bits per heavy atom. The van der Waals surface area contributed by atoms with Gasteiger partial charge in [0.15, 0.2) is 0 Å². The van der Waals surface area contributed by atoms with Gasteiger partial charge in [0.05, 0.1) is 0 Å². The number of rotatable bonds is 4. The lowest BCUT2D eigenvalue weighted by Crippen LogP contribution is -2.36. The number of nitrogens with two attached hydrogens (primary N) is 1. The number of benzene rings is 2. The molecule has 2 aromatic rings. The molecule has 0 aromatic heterocycles. The minimum Gasteiger partial charge on any atom is -0.327 e. The molecule has 1 fully saturated rings. The summed E-state index contributed by atoms with van der Waals surface area (Å²) < 4.78 is 13.2. The molecule has 2 N–H and O–H groups in total. The highest BCUT2D eigenvalue weighted by Crippen LogP contribution is 2.50. The van der Waals surface area contributed by atoms with Crippen LogP contribution in [-0.2, 0) is 11.8 Å². The fraction of sp³-hybridized carbons (Fsp3) is 0.294. The van der Waals surface area contributed by atoms with Crippen molar-refractivity contribution in [1.29, 1.82) is 0 Å². The van der Waals surface area contributed by atoms with E-state index in [4.69, 9.17) is 5.73 Å². The third-order valence-corrected chi connectivity index (χ3v) is 4.19. The summed E-state index contributed by atoms with van der Waals surface area (Å²) in [4.78, 5) is 0. The Bertz CT molecular complexity index is 560. The van der Waals surface area contributed by atoms with Crippen molar-refractivity contribution < 1.29 is 4.39 Å². The van der Waals surface area contributed by atoms with Crippen molar-refractivity contribution in [3.8, 4) is 0 Å². The third kappa shape index (κ3) is 2.41. The summed E-state index contributed by atoms with van der Waals surface area (Å²) in [6, 6.07) is 17.3. The van der Waals surface area contributed by atoms with E-state index in [-0.39, 0.29) is 17.3 Å². The Labute approximate surface area is 113 Å². The summed E-state index contributed by atoms with van der Waals surface area (Å²) in [6.07, 6.45) is 2.99. The monoisotopic (exact) mass is 255 g/mol. The van der Waals surface area contributed by atoms with Crippen molar-refractivity contribution in [2.75, 3.05) is 0 Å². The van der Waals surface area contributed by atoms with E-state index < -0.39 is 0 Å². The third-order valence-electron chi connectivity index (χ3n) is 4.19. The first kappa shape index (κ1) is 12.4. The summed E-state index contributed by atoms with van der Waals surface area (Å²) in [5.41, 5.74) is 8.81. The molecule has 19 heavy (non-hydrogen) atoms. The Balaban J connectivity index is 1.79. The fourth-order valence-corrected chi connectivity index (χ4v) is 2.89. The zero-order valence-electron chi connectivity index (χ0n) is 10.9. The average molecular weight is 255 g/mol. The molecule has 1 aliphatic rings. The Kier molecular flexibility index (Phi) is 3.11. The smallest absolute Gasteiger partial charge is 0.123 e. The van der Waals surface area contributed by atoms with Crippen LogP contribution in [0.15, 0.2) is 54.6 Å². The molecule has 2 aromatic carbocycles. The molecule has 2 heteroatoms. The van der Waals surface area contributed by atoms with Gasteiger partial charge in [-0.1, -0.05) is 42.5 Å². The first-order valence-corrected chi connectivity index (χ1v) is 6.76. The maximum atomic E-state index is 13.2.